The molecule has 1 saturated heterocycles. The van der Waals surface area contributed by atoms with Crippen LogP contribution in [0, 0.1) is 0 Å². The zero-order valence-corrected chi connectivity index (χ0v) is 6.07. The second kappa shape index (κ2) is 3.56. The molecular weight excluding hydrogens is 93.0 g/mol. The summed E-state index contributed by atoms with van der Waals surface area (Å²) in [5.41, 5.74) is 0. The van der Waals surface area contributed by atoms with Crippen molar-refractivity contribution in [3.8, 4) is 0 Å². The van der Waals surface area contributed by atoms with E-state index in [0.29, 0.717) is 0 Å². The Morgan fingerprint density at radius 3 is 1.62 bits per heavy atom. The number of rotatable bonds is 0. The first-order chi connectivity index (χ1) is 3.29. The molecule has 1 nitrogen and oxygen atoms in total. The molecule has 0 aliphatic carbocycles. The number of hydrogen-bond acceptors (Lipinski definition) is 1. The van der Waals surface area contributed by atoms with Gasteiger partial charge >= 0.3 is 0 Å². The molecule has 43 valence electrons. The second-order valence-corrected chi connectivity index (χ2v) is 2.55. The van der Waals surface area contributed by atoms with E-state index in [-0.39, 0.29) is 18.9 Å². The third-order valence-electron chi connectivity index (χ3n) is 1.60. The van der Waals surface area contributed by atoms with Gasteiger partial charge in [-0.2, -0.15) is 0 Å². The molecule has 1 N–H and O–H groups in total. The molecule has 0 saturated carbocycles. The van der Waals surface area contributed by atoms with Crippen LogP contribution < -0.4 is 5.32 Å². The predicted octanol–water partition coefficient (Wildman–Crippen LogP) is 0.766. The van der Waals surface area contributed by atoms with Crippen molar-refractivity contribution in [1.82, 2.24) is 5.32 Å². The fraction of sp³-hybridized carbons (Fsp3) is 1.00. The normalized spacial score (nSPS) is 36.8. The van der Waals surface area contributed by atoms with Gasteiger partial charge in [-0.25, -0.2) is 0 Å². The van der Waals surface area contributed by atoms with E-state index in [9.17, 15) is 0 Å². The molecule has 8 heavy (non-hydrogen) atoms. The van der Waals surface area contributed by atoms with Crippen molar-refractivity contribution in [1.29, 1.82) is 0 Å². The van der Waals surface area contributed by atoms with E-state index < -0.39 is 0 Å². The van der Waals surface area contributed by atoms with E-state index in [1.165, 1.54) is 12.8 Å². The fourth-order valence-corrected chi connectivity index (χ4v) is 1.15. The summed E-state index contributed by atoms with van der Waals surface area (Å²) in [6.07, 6.45) is 2.72. The Morgan fingerprint density at radius 1 is 1.12 bits per heavy atom. The Labute approximate surface area is 63.4 Å². The molecule has 2 heteroatoms. The maximum atomic E-state index is 3.42. The fourth-order valence-electron chi connectivity index (χ4n) is 1.15. The Hall–Kier alpha value is 0.557. The summed E-state index contributed by atoms with van der Waals surface area (Å²) in [6.45, 7) is 4.48. The van der Waals surface area contributed by atoms with Gasteiger partial charge in [0, 0.05) is 30.9 Å². The standard InChI is InChI=1S/C6H13N.Li/c1-5-3-4-6(2)7-5;/h5-7H,3-4H2,1-2H3;. The summed E-state index contributed by atoms with van der Waals surface area (Å²) in [6, 6.07) is 1.55. The second-order valence-electron chi connectivity index (χ2n) is 2.55. The Balaban J connectivity index is 0.000000490. The summed E-state index contributed by atoms with van der Waals surface area (Å²) >= 11 is 0. The summed E-state index contributed by atoms with van der Waals surface area (Å²) < 4.78 is 0. The molecule has 1 fully saturated rings. The van der Waals surface area contributed by atoms with Gasteiger partial charge in [-0.3, -0.25) is 0 Å². The van der Waals surface area contributed by atoms with E-state index in [0.717, 1.165) is 12.1 Å². The molecule has 2 atom stereocenters. The minimum atomic E-state index is 0. The van der Waals surface area contributed by atoms with Crippen LogP contribution >= 0.6 is 0 Å². The van der Waals surface area contributed by atoms with Crippen LogP contribution in [0.4, 0.5) is 0 Å². The van der Waals surface area contributed by atoms with Crippen LogP contribution in [0.1, 0.15) is 26.7 Å². The Bertz CT molecular complexity index is 57.5. The molecule has 0 bridgehead atoms. The summed E-state index contributed by atoms with van der Waals surface area (Å²) in [5, 5.41) is 3.42. The van der Waals surface area contributed by atoms with Gasteiger partial charge in [0.25, 0.3) is 0 Å². The topological polar surface area (TPSA) is 12.0 Å². The third kappa shape index (κ3) is 2.22. The molecule has 1 heterocycles. The maximum Gasteiger partial charge on any atom is 0.00417 e. The van der Waals surface area contributed by atoms with Crippen LogP contribution in [0.3, 0.4) is 0 Å². The summed E-state index contributed by atoms with van der Waals surface area (Å²) in [4.78, 5) is 0. The molecule has 1 rings (SSSR count). The monoisotopic (exact) mass is 106 g/mol. The van der Waals surface area contributed by atoms with Crippen molar-refractivity contribution in [2.75, 3.05) is 0 Å². The first-order valence-electron chi connectivity index (χ1n) is 3.05. The van der Waals surface area contributed by atoms with Crippen molar-refractivity contribution in [3.05, 3.63) is 0 Å². The largest absolute Gasteiger partial charge is 0.312 e. The van der Waals surface area contributed by atoms with Gasteiger partial charge < -0.3 is 5.32 Å². The number of hydrogen-bond donors (Lipinski definition) is 1. The van der Waals surface area contributed by atoms with Crippen LogP contribution in [0.5, 0.6) is 0 Å². The van der Waals surface area contributed by atoms with Crippen molar-refractivity contribution in [2.45, 2.75) is 38.8 Å². The number of nitrogens with one attached hydrogen (secondary N) is 1. The van der Waals surface area contributed by atoms with Gasteiger partial charge in [-0.1, -0.05) is 0 Å². The van der Waals surface area contributed by atoms with Crippen LogP contribution in [0.15, 0.2) is 0 Å². The Morgan fingerprint density at radius 2 is 1.50 bits per heavy atom. The third-order valence-corrected chi connectivity index (χ3v) is 1.60. The van der Waals surface area contributed by atoms with Gasteiger partial charge in [0.15, 0.2) is 0 Å². The average molecular weight is 106 g/mol. The predicted molar refractivity (Wildman–Crippen MR) is 37.0 cm³/mol. The summed E-state index contributed by atoms with van der Waals surface area (Å²) in [7, 11) is 0. The summed E-state index contributed by atoms with van der Waals surface area (Å²) in [5.74, 6) is 0. The van der Waals surface area contributed by atoms with Crippen LogP contribution in [-0.2, 0) is 0 Å². The maximum absolute atomic E-state index is 3.42. The SMILES string of the molecule is CC1CCC(C)N1.[Li]. The van der Waals surface area contributed by atoms with Crippen molar-refractivity contribution < 1.29 is 0 Å². The van der Waals surface area contributed by atoms with E-state index in [2.05, 4.69) is 19.2 Å². The molecule has 1 radical (unpaired) electrons. The average Bonchev–Trinajstić information content (AvgIpc) is 1.87. The van der Waals surface area contributed by atoms with Crippen LogP contribution in [0.2, 0.25) is 0 Å². The first kappa shape index (κ1) is 8.56. The van der Waals surface area contributed by atoms with Crippen molar-refractivity contribution in [2.24, 2.45) is 0 Å². The minimum Gasteiger partial charge on any atom is -0.312 e. The van der Waals surface area contributed by atoms with E-state index in [1.54, 1.807) is 0 Å². The molecule has 0 spiro atoms. The molecular formula is C6H13LiN. The zero-order valence-electron chi connectivity index (χ0n) is 6.07. The van der Waals surface area contributed by atoms with Gasteiger partial charge in [0.1, 0.15) is 0 Å². The molecule has 1 aliphatic heterocycles. The van der Waals surface area contributed by atoms with Crippen molar-refractivity contribution >= 4 is 18.9 Å². The zero-order chi connectivity index (χ0) is 5.28. The van der Waals surface area contributed by atoms with Gasteiger partial charge in [0.05, 0.1) is 0 Å². The molecule has 0 amide bonds. The van der Waals surface area contributed by atoms with Gasteiger partial charge in [-0.05, 0) is 26.7 Å². The smallest absolute Gasteiger partial charge is 0.00417 e. The van der Waals surface area contributed by atoms with E-state index in [4.69, 9.17) is 0 Å². The molecule has 0 aromatic heterocycles. The molecule has 0 aromatic carbocycles. The minimum absolute atomic E-state index is 0. The van der Waals surface area contributed by atoms with Gasteiger partial charge in [-0.15, -0.1) is 0 Å². The molecule has 2 unspecified atom stereocenters. The van der Waals surface area contributed by atoms with E-state index in [1.807, 2.05) is 0 Å². The quantitative estimate of drug-likeness (QED) is 0.450. The first-order valence-corrected chi connectivity index (χ1v) is 3.05. The molecule has 1 aliphatic rings. The van der Waals surface area contributed by atoms with Crippen molar-refractivity contribution in [3.63, 3.8) is 0 Å². The molecule has 0 aromatic rings. The van der Waals surface area contributed by atoms with Gasteiger partial charge in [0.2, 0.25) is 0 Å². The van der Waals surface area contributed by atoms with E-state index >= 15 is 0 Å². The van der Waals surface area contributed by atoms with Crippen LogP contribution in [0.25, 0.3) is 0 Å². The Kier molecular flexibility index (Phi) is 3.81. The van der Waals surface area contributed by atoms with Crippen LogP contribution in [-0.4, -0.2) is 30.9 Å².